The van der Waals surface area contributed by atoms with E-state index in [0.717, 1.165) is 10.9 Å². The van der Waals surface area contributed by atoms with Gasteiger partial charge in [-0.2, -0.15) is 5.10 Å². The summed E-state index contributed by atoms with van der Waals surface area (Å²) < 4.78 is 5.08. The Hall–Kier alpha value is -4.65. The first kappa shape index (κ1) is 21.2. The highest BCUT2D eigenvalue weighted by Gasteiger charge is 2.21. The standard InChI is InChI=1S/C21H16N8O4S/c1-9-10(2)29-33-17(9)18(30)24-14-5-11(3-4-13(14)20(31)32)19-27-28-21(34-19)25-16-6-12-7-23-26-15(12)8-22-16/h3-8H,1-2H3,(H,23,26)(H,24,30)(H,31,32)(H,22,25,28). The summed E-state index contributed by atoms with van der Waals surface area (Å²) in [6.45, 7) is 3.41. The highest BCUT2D eigenvalue weighted by molar-refractivity contribution is 7.18. The summed E-state index contributed by atoms with van der Waals surface area (Å²) in [7, 11) is 0. The average Bonchev–Trinajstić information content (AvgIpc) is 3.54. The lowest BCUT2D eigenvalue weighted by Crippen LogP contribution is -2.15. The van der Waals surface area contributed by atoms with Gasteiger partial charge in [0.2, 0.25) is 10.9 Å². The van der Waals surface area contributed by atoms with Gasteiger partial charge in [0.05, 0.1) is 34.9 Å². The summed E-state index contributed by atoms with van der Waals surface area (Å²) in [5.41, 5.74) is 2.56. The van der Waals surface area contributed by atoms with Crippen molar-refractivity contribution in [3.63, 3.8) is 0 Å². The number of aryl methyl sites for hydroxylation is 1. The zero-order valence-electron chi connectivity index (χ0n) is 17.8. The third kappa shape index (κ3) is 3.95. The van der Waals surface area contributed by atoms with E-state index in [-0.39, 0.29) is 17.0 Å². The fraction of sp³-hybridized carbons (Fsp3) is 0.0952. The molecule has 4 aromatic heterocycles. The number of hydrogen-bond donors (Lipinski definition) is 4. The lowest BCUT2D eigenvalue weighted by atomic mass is 10.1. The van der Waals surface area contributed by atoms with Gasteiger partial charge in [0.1, 0.15) is 10.8 Å². The second-order valence-corrected chi connectivity index (χ2v) is 8.28. The number of benzene rings is 1. The SMILES string of the molecule is Cc1noc(C(=O)Nc2cc(-c3nnc(Nc4cc5cn[nH]c5cn4)s3)ccc2C(=O)O)c1C. The van der Waals surface area contributed by atoms with Crippen LogP contribution in [0.2, 0.25) is 0 Å². The molecule has 0 radical (unpaired) electrons. The molecule has 12 nitrogen and oxygen atoms in total. The third-order valence-electron chi connectivity index (χ3n) is 5.09. The monoisotopic (exact) mass is 476 g/mol. The maximum Gasteiger partial charge on any atom is 0.337 e. The van der Waals surface area contributed by atoms with Gasteiger partial charge in [-0.3, -0.25) is 9.89 Å². The molecule has 13 heteroatoms. The number of fused-ring (bicyclic) bond motifs is 1. The van der Waals surface area contributed by atoms with Crippen molar-refractivity contribution in [2.75, 3.05) is 10.6 Å². The molecule has 0 saturated heterocycles. The zero-order chi connectivity index (χ0) is 23.8. The number of aromatic nitrogens is 6. The number of pyridine rings is 1. The quantitative estimate of drug-likeness (QED) is 0.282. The number of amides is 1. The molecule has 0 fully saturated rings. The number of carboxylic acid groups (broad SMARTS) is 1. The van der Waals surface area contributed by atoms with Crippen molar-refractivity contribution in [2.24, 2.45) is 0 Å². The molecule has 0 saturated carbocycles. The number of anilines is 3. The van der Waals surface area contributed by atoms with E-state index in [1.807, 2.05) is 6.07 Å². The molecule has 0 aliphatic rings. The van der Waals surface area contributed by atoms with Gasteiger partial charge in [-0.1, -0.05) is 22.6 Å². The Morgan fingerprint density at radius 2 is 2.00 bits per heavy atom. The molecule has 1 amide bonds. The Balaban J connectivity index is 1.41. The lowest BCUT2D eigenvalue weighted by molar-refractivity contribution is 0.0698. The van der Waals surface area contributed by atoms with Crippen molar-refractivity contribution in [3.8, 4) is 10.6 Å². The molecule has 5 rings (SSSR count). The maximum atomic E-state index is 12.7. The first-order valence-electron chi connectivity index (χ1n) is 9.90. The first-order valence-corrected chi connectivity index (χ1v) is 10.7. The maximum absolute atomic E-state index is 12.7. The molecule has 4 N–H and O–H groups in total. The lowest BCUT2D eigenvalue weighted by Gasteiger charge is -2.09. The molecular formula is C21H16N8O4S. The molecule has 0 spiro atoms. The number of nitrogens with zero attached hydrogens (tertiary/aromatic N) is 5. The largest absolute Gasteiger partial charge is 0.478 e. The van der Waals surface area contributed by atoms with E-state index in [4.69, 9.17) is 4.52 Å². The Morgan fingerprint density at radius 1 is 1.15 bits per heavy atom. The molecule has 5 aromatic rings. The van der Waals surface area contributed by atoms with Crippen molar-refractivity contribution in [2.45, 2.75) is 13.8 Å². The predicted molar refractivity (Wildman–Crippen MR) is 123 cm³/mol. The molecule has 34 heavy (non-hydrogen) atoms. The van der Waals surface area contributed by atoms with Crippen LogP contribution in [0, 0.1) is 13.8 Å². The first-order chi connectivity index (χ1) is 16.4. The van der Waals surface area contributed by atoms with Gasteiger partial charge in [0, 0.05) is 16.5 Å². The van der Waals surface area contributed by atoms with Gasteiger partial charge >= 0.3 is 5.97 Å². The normalized spacial score (nSPS) is 11.0. The number of carbonyl (C=O) groups is 2. The van der Waals surface area contributed by atoms with Gasteiger partial charge in [0.15, 0.2) is 0 Å². The molecule has 0 atom stereocenters. The molecular weight excluding hydrogens is 460 g/mol. The van der Waals surface area contributed by atoms with Crippen LogP contribution in [0.4, 0.5) is 16.6 Å². The molecule has 0 aliphatic carbocycles. The van der Waals surface area contributed by atoms with Crippen LogP contribution in [-0.4, -0.2) is 47.5 Å². The molecule has 4 heterocycles. The summed E-state index contributed by atoms with van der Waals surface area (Å²) in [6, 6.07) is 6.35. The minimum Gasteiger partial charge on any atom is -0.478 e. The number of carboxylic acids is 1. The Kier molecular flexibility index (Phi) is 5.22. The van der Waals surface area contributed by atoms with E-state index < -0.39 is 11.9 Å². The summed E-state index contributed by atoms with van der Waals surface area (Å²) in [6.07, 6.45) is 3.35. The van der Waals surface area contributed by atoms with Crippen LogP contribution >= 0.6 is 11.3 Å². The van der Waals surface area contributed by atoms with Crippen LogP contribution in [0.3, 0.4) is 0 Å². The minimum absolute atomic E-state index is 0.0173. The van der Waals surface area contributed by atoms with E-state index in [1.165, 1.54) is 23.5 Å². The summed E-state index contributed by atoms with van der Waals surface area (Å²) in [4.78, 5) is 28.7. The Bertz CT molecular complexity index is 1550. The molecule has 170 valence electrons. The number of carbonyl (C=O) groups excluding carboxylic acids is 1. The van der Waals surface area contributed by atoms with Crippen LogP contribution in [-0.2, 0) is 0 Å². The number of rotatable bonds is 6. The van der Waals surface area contributed by atoms with E-state index in [0.29, 0.717) is 32.8 Å². The fourth-order valence-corrected chi connectivity index (χ4v) is 3.93. The molecule has 0 bridgehead atoms. The van der Waals surface area contributed by atoms with Gasteiger partial charge in [0.25, 0.3) is 5.91 Å². The Labute approximate surface area is 195 Å². The van der Waals surface area contributed by atoms with Crippen LogP contribution in [0.15, 0.2) is 41.2 Å². The smallest absolute Gasteiger partial charge is 0.337 e. The zero-order valence-corrected chi connectivity index (χ0v) is 18.6. The molecule has 0 aliphatic heterocycles. The second-order valence-electron chi connectivity index (χ2n) is 7.31. The van der Waals surface area contributed by atoms with Gasteiger partial charge in [-0.25, -0.2) is 9.78 Å². The van der Waals surface area contributed by atoms with Crippen LogP contribution in [0.25, 0.3) is 21.5 Å². The van der Waals surface area contributed by atoms with E-state index in [2.05, 4.69) is 41.2 Å². The summed E-state index contributed by atoms with van der Waals surface area (Å²) >= 11 is 1.25. The average molecular weight is 476 g/mol. The highest BCUT2D eigenvalue weighted by atomic mass is 32.1. The number of aromatic amines is 1. The fourth-order valence-electron chi connectivity index (χ4n) is 3.18. The summed E-state index contributed by atoms with van der Waals surface area (Å²) in [5.74, 6) is -1.20. The number of H-pyrrole nitrogens is 1. The van der Waals surface area contributed by atoms with E-state index in [1.54, 1.807) is 32.3 Å². The van der Waals surface area contributed by atoms with E-state index >= 15 is 0 Å². The number of aromatic carboxylic acids is 1. The second kappa shape index (κ2) is 8.37. The van der Waals surface area contributed by atoms with E-state index in [9.17, 15) is 14.7 Å². The van der Waals surface area contributed by atoms with Crippen molar-refractivity contribution >= 4 is 50.8 Å². The predicted octanol–water partition coefficient (Wildman–Crippen LogP) is 3.78. The van der Waals surface area contributed by atoms with Crippen LogP contribution in [0.5, 0.6) is 0 Å². The topological polar surface area (TPSA) is 172 Å². The van der Waals surface area contributed by atoms with Gasteiger partial charge in [-0.05, 0) is 32.0 Å². The minimum atomic E-state index is -1.19. The third-order valence-corrected chi connectivity index (χ3v) is 5.98. The number of hydrogen-bond acceptors (Lipinski definition) is 10. The summed E-state index contributed by atoms with van der Waals surface area (Å²) in [5, 5.41) is 36.0. The highest BCUT2D eigenvalue weighted by Crippen LogP contribution is 2.31. The van der Waals surface area contributed by atoms with Crippen molar-refractivity contribution in [1.82, 2.24) is 30.5 Å². The van der Waals surface area contributed by atoms with Crippen molar-refractivity contribution < 1.29 is 19.2 Å². The Morgan fingerprint density at radius 3 is 2.76 bits per heavy atom. The van der Waals surface area contributed by atoms with Crippen LogP contribution < -0.4 is 10.6 Å². The van der Waals surface area contributed by atoms with Crippen LogP contribution in [0.1, 0.15) is 32.2 Å². The number of nitrogens with one attached hydrogen (secondary N) is 3. The van der Waals surface area contributed by atoms with Gasteiger partial charge < -0.3 is 20.3 Å². The van der Waals surface area contributed by atoms with Gasteiger partial charge in [-0.15, -0.1) is 10.2 Å². The molecule has 0 unspecified atom stereocenters. The van der Waals surface area contributed by atoms with Crippen molar-refractivity contribution in [1.29, 1.82) is 0 Å². The molecule has 1 aromatic carbocycles. The van der Waals surface area contributed by atoms with Crippen molar-refractivity contribution in [3.05, 3.63) is 59.2 Å².